The summed E-state index contributed by atoms with van der Waals surface area (Å²) >= 11 is 0. The summed E-state index contributed by atoms with van der Waals surface area (Å²) in [6, 6.07) is 2.66. The number of nitrogen functional groups attached to an aromatic ring is 1. The molecule has 6 heteroatoms. The first-order valence-electron chi connectivity index (χ1n) is 3.78. The number of pyridine rings is 1. The van der Waals surface area contributed by atoms with E-state index in [1.54, 1.807) is 0 Å². The molecule has 0 fully saturated rings. The molecule has 1 aromatic heterocycles. The maximum absolute atomic E-state index is 10.7. The number of amides is 1. The van der Waals surface area contributed by atoms with E-state index in [4.69, 9.17) is 10.8 Å². The lowest BCUT2D eigenvalue weighted by molar-refractivity contribution is -0.114. The van der Waals surface area contributed by atoms with Crippen LogP contribution in [0, 0.1) is 0 Å². The standard InChI is InChI=1S/C8H9N3O3/c1-4(12)10-5-2-3-6(8(13)14)11-7(5)9/h2-3H,1H3,(H2,9,11)(H,10,12)(H,13,14). The number of nitrogens with zero attached hydrogens (tertiary/aromatic N) is 1. The second-order valence-electron chi connectivity index (χ2n) is 2.62. The third-order valence-corrected chi connectivity index (χ3v) is 1.45. The van der Waals surface area contributed by atoms with E-state index in [9.17, 15) is 9.59 Å². The van der Waals surface area contributed by atoms with Gasteiger partial charge in [-0.1, -0.05) is 0 Å². The van der Waals surface area contributed by atoms with Gasteiger partial charge in [-0.25, -0.2) is 9.78 Å². The number of hydrogen-bond donors (Lipinski definition) is 3. The molecule has 0 aromatic carbocycles. The number of hydrogen-bond acceptors (Lipinski definition) is 4. The smallest absolute Gasteiger partial charge is 0.354 e. The number of nitrogens with one attached hydrogen (secondary N) is 1. The van der Waals surface area contributed by atoms with Crippen LogP contribution in [0.1, 0.15) is 17.4 Å². The van der Waals surface area contributed by atoms with Crippen LogP contribution >= 0.6 is 0 Å². The lowest BCUT2D eigenvalue weighted by Gasteiger charge is -2.05. The number of carbonyl (C=O) groups excluding carboxylic acids is 1. The molecule has 0 spiro atoms. The van der Waals surface area contributed by atoms with Gasteiger partial charge in [0.15, 0.2) is 5.69 Å². The predicted octanol–water partition coefficient (Wildman–Crippen LogP) is 0.320. The second kappa shape index (κ2) is 3.73. The van der Waals surface area contributed by atoms with Gasteiger partial charge in [0.1, 0.15) is 5.82 Å². The first-order chi connectivity index (χ1) is 6.50. The van der Waals surface area contributed by atoms with Crippen molar-refractivity contribution in [3.05, 3.63) is 17.8 Å². The van der Waals surface area contributed by atoms with Crippen LogP contribution in [0.3, 0.4) is 0 Å². The molecule has 1 amide bonds. The molecule has 0 radical (unpaired) electrons. The van der Waals surface area contributed by atoms with Gasteiger partial charge in [0, 0.05) is 6.92 Å². The van der Waals surface area contributed by atoms with Gasteiger partial charge in [0.2, 0.25) is 5.91 Å². The summed E-state index contributed by atoms with van der Waals surface area (Å²) in [6.45, 7) is 1.32. The maximum atomic E-state index is 10.7. The number of carboxylic acid groups (broad SMARTS) is 1. The predicted molar refractivity (Wildman–Crippen MR) is 49.9 cm³/mol. The largest absolute Gasteiger partial charge is 0.477 e. The van der Waals surface area contributed by atoms with Gasteiger partial charge >= 0.3 is 5.97 Å². The molecule has 0 aliphatic rings. The summed E-state index contributed by atoms with van der Waals surface area (Å²) in [7, 11) is 0. The normalized spacial score (nSPS) is 9.50. The third-order valence-electron chi connectivity index (χ3n) is 1.45. The number of aromatic nitrogens is 1. The molecule has 1 rings (SSSR count). The highest BCUT2D eigenvalue weighted by atomic mass is 16.4. The summed E-state index contributed by atoms with van der Waals surface area (Å²) < 4.78 is 0. The second-order valence-corrected chi connectivity index (χ2v) is 2.62. The third kappa shape index (κ3) is 2.19. The van der Waals surface area contributed by atoms with E-state index in [0.717, 1.165) is 0 Å². The average molecular weight is 195 g/mol. The molecule has 0 saturated carbocycles. The van der Waals surface area contributed by atoms with Crippen molar-refractivity contribution in [2.75, 3.05) is 11.1 Å². The van der Waals surface area contributed by atoms with Gasteiger partial charge in [0.05, 0.1) is 5.69 Å². The zero-order chi connectivity index (χ0) is 10.7. The van der Waals surface area contributed by atoms with E-state index in [0.29, 0.717) is 5.69 Å². The molecule has 0 aliphatic heterocycles. The number of aromatic carboxylic acids is 1. The van der Waals surface area contributed by atoms with Crippen LogP contribution in [-0.2, 0) is 4.79 Å². The molecule has 4 N–H and O–H groups in total. The molecule has 0 unspecified atom stereocenters. The minimum atomic E-state index is -1.16. The zero-order valence-corrected chi connectivity index (χ0v) is 7.44. The molecule has 1 aromatic rings. The average Bonchev–Trinajstić information content (AvgIpc) is 2.07. The minimum absolute atomic E-state index is 0.0138. The molecule has 6 nitrogen and oxygen atoms in total. The SMILES string of the molecule is CC(=O)Nc1ccc(C(=O)O)nc1N. The van der Waals surface area contributed by atoms with E-state index in [1.807, 2.05) is 0 Å². The lowest BCUT2D eigenvalue weighted by atomic mass is 10.3. The van der Waals surface area contributed by atoms with Gasteiger partial charge in [-0.15, -0.1) is 0 Å². The van der Waals surface area contributed by atoms with Gasteiger partial charge in [-0.2, -0.15) is 0 Å². The number of carboxylic acids is 1. The van der Waals surface area contributed by atoms with E-state index in [1.165, 1.54) is 19.1 Å². The fraction of sp³-hybridized carbons (Fsp3) is 0.125. The number of nitrogens with two attached hydrogens (primary N) is 1. The first kappa shape index (κ1) is 9.97. The molecule has 0 atom stereocenters. The quantitative estimate of drug-likeness (QED) is 0.630. The summed E-state index contributed by atoms with van der Waals surface area (Å²) in [6.07, 6.45) is 0. The summed E-state index contributed by atoms with van der Waals surface area (Å²) in [4.78, 5) is 24.7. The maximum Gasteiger partial charge on any atom is 0.354 e. The topological polar surface area (TPSA) is 105 Å². The van der Waals surface area contributed by atoms with Gasteiger partial charge < -0.3 is 16.2 Å². The Morgan fingerprint density at radius 2 is 2.14 bits per heavy atom. The van der Waals surface area contributed by atoms with Crippen LogP contribution in [0.2, 0.25) is 0 Å². The van der Waals surface area contributed by atoms with Crippen molar-refractivity contribution in [3.8, 4) is 0 Å². The fourth-order valence-corrected chi connectivity index (χ4v) is 0.889. The van der Waals surface area contributed by atoms with E-state index in [-0.39, 0.29) is 17.4 Å². The Bertz CT molecular complexity index is 389. The first-order valence-corrected chi connectivity index (χ1v) is 3.78. The number of rotatable bonds is 2. The molecule has 1 heterocycles. The monoisotopic (exact) mass is 195 g/mol. The van der Waals surface area contributed by atoms with Crippen LogP contribution in [0.25, 0.3) is 0 Å². The number of carbonyl (C=O) groups is 2. The van der Waals surface area contributed by atoms with Crippen LogP contribution in [0.5, 0.6) is 0 Å². The van der Waals surface area contributed by atoms with Crippen molar-refractivity contribution in [1.82, 2.24) is 4.98 Å². The summed E-state index contributed by atoms with van der Waals surface area (Å²) in [5, 5.41) is 11.0. The van der Waals surface area contributed by atoms with Crippen molar-refractivity contribution in [3.63, 3.8) is 0 Å². The zero-order valence-electron chi connectivity index (χ0n) is 7.44. The molecule has 0 bridgehead atoms. The Balaban J connectivity index is 3.01. The van der Waals surface area contributed by atoms with Crippen molar-refractivity contribution >= 4 is 23.4 Å². The van der Waals surface area contributed by atoms with Gasteiger partial charge in [-0.3, -0.25) is 4.79 Å². The van der Waals surface area contributed by atoms with Crippen LogP contribution in [0.4, 0.5) is 11.5 Å². The lowest BCUT2D eigenvalue weighted by Crippen LogP contribution is -2.11. The van der Waals surface area contributed by atoms with E-state index < -0.39 is 5.97 Å². The highest BCUT2D eigenvalue weighted by Gasteiger charge is 2.08. The molecule has 14 heavy (non-hydrogen) atoms. The van der Waals surface area contributed by atoms with Crippen molar-refractivity contribution in [1.29, 1.82) is 0 Å². The van der Waals surface area contributed by atoms with Crippen LogP contribution in [0.15, 0.2) is 12.1 Å². The summed E-state index contributed by atoms with van der Waals surface area (Å²) in [5.41, 5.74) is 5.57. The van der Waals surface area contributed by atoms with Crippen molar-refractivity contribution < 1.29 is 14.7 Å². The Morgan fingerprint density at radius 1 is 1.50 bits per heavy atom. The Kier molecular flexibility index (Phi) is 2.66. The van der Waals surface area contributed by atoms with Gasteiger partial charge in [0.25, 0.3) is 0 Å². The van der Waals surface area contributed by atoms with E-state index in [2.05, 4.69) is 10.3 Å². The van der Waals surface area contributed by atoms with Gasteiger partial charge in [-0.05, 0) is 12.1 Å². The highest BCUT2D eigenvalue weighted by molar-refractivity contribution is 5.93. The molecular weight excluding hydrogens is 186 g/mol. The molecular formula is C8H9N3O3. The Morgan fingerprint density at radius 3 is 2.57 bits per heavy atom. The minimum Gasteiger partial charge on any atom is -0.477 e. The molecule has 0 saturated heterocycles. The van der Waals surface area contributed by atoms with Crippen molar-refractivity contribution in [2.45, 2.75) is 6.92 Å². The van der Waals surface area contributed by atoms with E-state index >= 15 is 0 Å². The molecule has 74 valence electrons. The number of anilines is 2. The molecule has 0 aliphatic carbocycles. The summed E-state index contributed by atoms with van der Waals surface area (Å²) in [5.74, 6) is -1.47. The van der Waals surface area contributed by atoms with Crippen LogP contribution < -0.4 is 11.1 Å². The van der Waals surface area contributed by atoms with Crippen LogP contribution in [-0.4, -0.2) is 22.0 Å². The Hall–Kier alpha value is -2.11. The highest BCUT2D eigenvalue weighted by Crippen LogP contribution is 2.15. The van der Waals surface area contributed by atoms with Crippen molar-refractivity contribution in [2.24, 2.45) is 0 Å². The fourth-order valence-electron chi connectivity index (χ4n) is 0.889. The Labute approximate surface area is 79.8 Å².